The second-order valence-electron chi connectivity index (χ2n) is 6.48. The zero-order valence-electron chi connectivity index (χ0n) is 15.7. The van der Waals surface area contributed by atoms with E-state index < -0.39 is 0 Å². The van der Waals surface area contributed by atoms with Crippen molar-refractivity contribution < 1.29 is 9.53 Å². The molecule has 0 radical (unpaired) electrons. The van der Waals surface area contributed by atoms with Crippen molar-refractivity contribution in [1.82, 2.24) is 29.6 Å². The van der Waals surface area contributed by atoms with E-state index in [0.717, 1.165) is 27.9 Å². The number of imidazole rings is 1. The number of methoxy groups -OCH3 is 1. The molecule has 0 aliphatic heterocycles. The van der Waals surface area contributed by atoms with Crippen LogP contribution in [-0.4, -0.2) is 56.9 Å². The first kappa shape index (κ1) is 17.5. The van der Waals surface area contributed by atoms with E-state index in [0.29, 0.717) is 17.2 Å². The molecule has 0 bridgehead atoms. The normalized spacial score (nSPS) is 11.0. The van der Waals surface area contributed by atoms with Crippen molar-refractivity contribution in [3.8, 4) is 28.3 Å². The number of nitrogens with two attached hydrogens (primary N) is 1. The summed E-state index contributed by atoms with van der Waals surface area (Å²) in [7, 11) is 4.96. The number of amides is 1. The van der Waals surface area contributed by atoms with Crippen LogP contribution >= 0.6 is 0 Å². The lowest BCUT2D eigenvalue weighted by molar-refractivity contribution is 0.216. The molecule has 9 heteroatoms. The highest BCUT2D eigenvalue weighted by Gasteiger charge is 2.14. The molecule has 1 amide bonds. The first-order valence-corrected chi connectivity index (χ1v) is 8.52. The third-order valence-electron chi connectivity index (χ3n) is 4.36. The van der Waals surface area contributed by atoms with Gasteiger partial charge in [-0.3, -0.25) is 0 Å². The van der Waals surface area contributed by atoms with Gasteiger partial charge in [0.1, 0.15) is 17.4 Å². The van der Waals surface area contributed by atoms with Crippen molar-refractivity contribution in [3.05, 3.63) is 42.9 Å². The number of hydrogen-bond acceptors (Lipinski definition) is 6. The Kier molecular flexibility index (Phi) is 4.19. The number of aromatic nitrogens is 5. The number of nitrogens with one attached hydrogen (secondary N) is 1. The summed E-state index contributed by atoms with van der Waals surface area (Å²) < 4.78 is 6.53. The summed E-state index contributed by atoms with van der Waals surface area (Å²) in [6.07, 6.45) is 4.91. The molecule has 0 fully saturated rings. The molecule has 0 unspecified atom stereocenters. The van der Waals surface area contributed by atoms with Gasteiger partial charge in [-0.05, 0) is 18.2 Å². The number of carbonyl (C=O) groups excluding carboxylic acids is 1. The van der Waals surface area contributed by atoms with Gasteiger partial charge in [-0.25, -0.2) is 14.8 Å². The number of anilines is 1. The van der Waals surface area contributed by atoms with Crippen molar-refractivity contribution >= 4 is 22.9 Å². The monoisotopic (exact) mass is 377 g/mol. The van der Waals surface area contributed by atoms with Crippen LogP contribution in [0.25, 0.3) is 33.5 Å². The predicted octanol–water partition coefficient (Wildman–Crippen LogP) is 2.61. The maximum atomic E-state index is 12.0. The first-order chi connectivity index (χ1) is 13.5. The Hall–Kier alpha value is -3.88. The molecule has 0 aliphatic rings. The van der Waals surface area contributed by atoms with Crippen molar-refractivity contribution in [1.29, 1.82) is 0 Å². The molecule has 0 atom stereocenters. The number of nitrogen functional groups attached to an aromatic ring is 1. The van der Waals surface area contributed by atoms with E-state index >= 15 is 0 Å². The molecule has 0 aliphatic carbocycles. The lowest BCUT2D eigenvalue weighted by atomic mass is 10.1. The van der Waals surface area contributed by atoms with Crippen LogP contribution in [0.1, 0.15) is 0 Å². The maximum absolute atomic E-state index is 12.0. The fraction of sp³-hybridized carbons (Fsp3) is 0.158. The number of benzene rings is 1. The summed E-state index contributed by atoms with van der Waals surface area (Å²) in [5.41, 5.74) is 9.92. The summed E-state index contributed by atoms with van der Waals surface area (Å²) >= 11 is 0. The molecule has 3 N–H and O–H groups in total. The van der Waals surface area contributed by atoms with Crippen LogP contribution in [-0.2, 0) is 0 Å². The van der Waals surface area contributed by atoms with E-state index in [-0.39, 0.29) is 6.03 Å². The van der Waals surface area contributed by atoms with Crippen molar-refractivity contribution in [2.75, 3.05) is 26.9 Å². The van der Waals surface area contributed by atoms with Crippen LogP contribution in [0.3, 0.4) is 0 Å². The first-order valence-electron chi connectivity index (χ1n) is 8.52. The second kappa shape index (κ2) is 6.69. The number of pyridine rings is 1. The minimum absolute atomic E-state index is 0.235. The van der Waals surface area contributed by atoms with E-state index in [4.69, 9.17) is 10.5 Å². The number of H-pyrrole nitrogens is 1. The summed E-state index contributed by atoms with van der Waals surface area (Å²) in [4.78, 5) is 25.6. The van der Waals surface area contributed by atoms with Crippen LogP contribution in [0, 0.1) is 0 Å². The number of hydrogen-bond donors (Lipinski definition) is 2. The molecule has 3 aromatic heterocycles. The van der Waals surface area contributed by atoms with Gasteiger partial charge in [0.05, 0.1) is 29.9 Å². The highest BCUT2D eigenvalue weighted by atomic mass is 16.5. The second-order valence-corrected chi connectivity index (χ2v) is 6.48. The fourth-order valence-electron chi connectivity index (χ4n) is 2.85. The average Bonchev–Trinajstić information content (AvgIpc) is 3.34. The van der Waals surface area contributed by atoms with Crippen LogP contribution in [0.15, 0.2) is 42.9 Å². The van der Waals surface area contributed by atoms with Crippen molar-refractivity contribution in [3.63, 3.8) is 0 Å². The minimum Gasteiger partial charge on any atom is -0.497 e. The Morgan fingerprint density at radius 2 is 2.04 bits per heavy atom. The molecule has 3 heterocycles. The van der Waals surface area contributed by atoms with E-state index in [1.165, 1.54) is 9.58 Å². The van der Waals surface area contributed by atoms with Crippen molar-refractivity contribution in [2.45, 2.75) is 0 Å². The van der Waals surface area contributed by atoms with Crippen LogP contribution in [0.5, 0.6) is 5.75 Å². The van der Waals surface area contributed by atoms with Crippen LogP contribution < -0.4 is 10.5 Å². The third kappa shape index (κ3) is 3.02. The number of rotatable bonds is 3. The van der Waals surface area contributed by atoms with E-state index in [1.54, 1.807) is 39.8 Å². The Morgan fingerprint density at radius 3 is 2.79 bits per heavy atom. The maximum Gasteiger partial charge on any atom is 0.344 e. The molecule has 4 aromatic rings. The van der Waals surface area contributed by atoms with Crippen molar-refractivity contribution in [2.24, 2.45) is 0 Å². The van der Waals surface area contributed by atoms with Gasteiger partial charge in [-0.15, -0.1) is 0 Å². The third-order valence-corrected chi connectivity index (χ3v) is 4.36. The predicted molar refractivity (Wildman–Crippen MR) is 106 cm³/mol. The van der Waals surface area contributed by atoms with Crippen LogP contribution in [0.2, 0.25) is 0 Å². The highest BCUT2D eigenvalue weighted by Crippen LogP contribution is 2.30. The molecule has 1 aromatic carbocycles. The SMILES string of the molecule is COc1ccc2nc(-c3cc(-c4cnn(C(=O)N(C)C)c4)cnc3N)[nH]c2c1. The summed E-state index contributed by atoms with van der Waals surface area (Å²) in [5, 5.41) is 4.12. The molecular weight excluding hydrogens is 358 g/mol. The summed E-state index contributed by atoms with van der Waals surface area (Å²) in [6.45, 7) is 0. The Labute approximate surface area is 160 Å². The standard InChI is InChI=1S/C19H19N7O2/c1-25(2)19(27)26-10-12(9-22-26)11-6-14(17(20)21-8-11)18-23-15-5-4-13(28-3)7-16(15)24-18/h4-10H,1-3H3,(H2,20,21)(H,23,24). The van der Waals surface area contributed by atoms with Gasteiger partial charge in [-0.1, -0.05) is 0 Å². The largest absolute Gasteiger partial charge is 0.497 e. The molecule has 4 rings (SSSR count). The molecular formula is C19H19N7O2. The average molecular weight is 377 g/mol. The molecule has 142 valence electrons. The van der Waals surface area contributed by atoms with Gasteiger partial charge in [0.2, 0.25) is 0 Å². The molecule has 9 nitrogen and oxygen atoms in total. The molecule has 28 heavy (non-hydrogen) atoms. The zero-order valence-corrected chi connectivity index (χ0v) is 15.7. The van der Waals surface area contributed by atoms with Gasteiger partial charge in [0, 0.05) is 43.7 Å². The highest BCUT2D eigenvalue weighted by molar-refractivity contribution is 5.84. The fourth-order valence-corrected chi connectivity index (χ4v) is 2.85. The number of aromatic amines is 1. The van der Waals surface area contributed by atoms with Gasteiger partial charge < -0.3 is 20.4 Å². The molecule has 0 spiro atoms. The Morgan fingerprint density at radius 1 is 1.21 bits per heavy atom. The summed E-state index contributed by atoms with van der Waals surface area (Å²) in [6, 6.07) is 7.23. The van der Waals surface area contributed by atoms with Gasteiger partial charge in [0.15, 0.2) is 0 Å². The zero-order chi connectivity index (χ0) is 19.8. The van der Waals surface area contributed by atoms with Gasteiger partial charge in [-0.2, -0.15) is 9.78 Å². The quantitative estimate of drug-likeness (QED) is 0.567. The smallest absolute Gasteiger partial charge is 0.344 e. The molecule has 0 saturated carbocycles. The minimum atomic E-state index is -0.235. The van der Waals surface area contributed by atoms with E-state index in [9.17, 15) is 4.79 Å². The van der Waals surface area contributed by atoms with E-state index in [2.05, 4.69) is 20.1 Å². The van der Waals surface area contributed by atoms with Gasteiger partial charge in [0.25, 0.3) is 0 Å². The number of carbonyl (C=O) groups is 1. The lowest BCUT2D eigenvalue weighted by Gasteiger charge is -2.08. The lowest BCUT2D eigenvalue weighted by Crippen LogP contribution is -2.27. The number of nitrogens with zero attached hydrogens (tertiary/aromatic N) is 5. The Balaban J connectivity index is 1.75. The summed E-state index contributed by atoms with van der Waals surface area (Å²) in [5.74, 6) is 1.69. The topological polar surface area (TPSA) is 115 Å². The Bertz CT molecular complexity index is 1180. The van der Waals surface area contributed by atoms with E-state index in [1.807, 2.05) is 24.3 Å². The van der Waals surface area contributed by atoms with Crippen LogP contribution in [0.4, 0.5) is 10.6 Å². The number of fused-ring (bicyclic) bond motifs is 1. The van der Waals surface area contributed by atoms with Gasteiger partial charge >= 0.3 is 6.03 Å². The molecule has 0 saturated heterocycles. The number of ether oxygens (including phenoxy) is 1.